The van der Waals surface area contributed by atoms with E-state index < -0.39 is 0 Å². The molecule has 0 amide bonds. The predicted octanol–water partition coefficient (Wildman–Crippen LogP) is 3.42. The maximum Gasteiger partial charge on any atom is 0.228 e. The number of hydrogen-bond donors (Lipinski definition) is 1. The van der Waals surface area contributed by atoms with Gasteiger partial charge >= 0.3 is 0 Å². The number of aromatic nitrogens is 2. The van der Waals surface area contributed by atoms with E-state index in [2.05, 4.69) is 39.9 Å². The highest BCUT2D eigenvalue weighted by atomic mass is 79.9. The van der Waals surface area contributed by atoms with E-state index >= 15 is 0 Å². The van der Waals surface area contributed by atoms with E-state index in [9.17, 15) is 0 Å². The third-order valence-electron chi connectivity index (χ3n) is 3.09. The molecule has 1 heterocycles. The van der Waals surface area contributed by atoms with Crippen molar-refractivity contribution in [1.82, 2.24) is 10.1 Å². The van der Waals surface area contributed by atoms with Crippen molar-refractivity contribution < 1.29 is 9.26 Å². The van der Waals surface area contributed by atoms with Gasteiger partial charge in [0.2, 0.25) is 11.7 Å². The number of halogens is 1. The van der Waals surface area contributed by atoms with Crippen LogP contribution in [0.25, 0.3) is 11.4 Å². The summed E-state index contributed by atoms with van der Waals surface area (Å²) >= 11 is 3.45. The van der Waals surface area contributed by atoms with Gasteiger partial charge in [0, 0.05) is 18.0 Å². The lowest BCUT2D eigenvalue weighted by Gasteiger charge is -2.10. The fourth-order valence-electron chi connectivity index (χ4n) is 2.17. The van der Waals surface area contributed by atoms with Crippen LogP contribution in [0.15, 0.2) is 27.2 Å². The highest BCUT2D eigenvalue weighted by Gasteiger charge is 2.14. The Labute approximate surface area is 133 Å². The number of ether oxygens (including phenoxy) is 1. The Bertz CT molecular complexity index is 598. The van der Waals surface area contributed by atoms with E-state index in [1.54, 1.807) is 7.11 Å². The second-order valence-corrected chi connectivity index (χ2v) is 6.31. The molecule has 21 heavy (non-hydrogen) atoms. The quantitative estimate of drug-likeness (QED) is 0.860. The van der Waals surface area contributed by atoms with Crippen LogP contribution in [0, 0.1) is 5.92 Å². The Kier molecular flexibility index (Phi) is 5.36. The summed E-state index contributed by atoms with van der Waals surface area (Å²) in [4.78, 5) is 4.40. The molecule has 5 nitrogen and oxygen atoms in total. The Morgan fingerprint density at radius 3 is 2.76 bits per heavy atom. The molecule has 0 saturated heterocycles. The highest BCUT2D eigenvalue weighted by molar-refractivity contribution is 9.10. The van der Waals surface area contributed by atoms with Crippen molar-refractivity contribution >= 4 is 15.9 Å². The Balaban J connectivity index is 2.10. The Morgan fingerprint density at radius 2 is 2.14 bits per heavy atom. The molecule has 1 atom stereocenters. The minimum absolute atomic E-state index is 0.0425. The monoisotopic (exact) mass is 353 g/mol. The number of benzene rings is 1. The van der Waals surface area contributed by atoms with E-state index in [4.69, 9.17) is 15.0 Å². The molecule has 0 spiro atoms. The summed E-state index contributed by atoms with van der Waals surface area (Å²) in [7, 11) is 1.63. The van der Waals surface area contributed by atoms with Crippen LogP contribution in [0.1, 0.15) is 26.2 Å². The lowest BCUT2D eigenvalue weighted by molar-refractivity contribution is 0.359. The molecule has 0 radical (unpaired) electrons. The second kappa shape index (κ2) is 7.04. The number of nitrogens with zero attached hydrogens (tertiary/aromatic N) is 2. The molecule has 1 aromatic heterocycles. The van der Waals surface area contributed by atoms with Crippen LogP contribution in [-0.2, 0) is 6.42 Å². The van der Waals surface area contributed by atoms with E-state index in [-0.39, 0.29) is 6.04 Å². The molecule has 1 aromatic carbocycles. The normalized spacial score (nSPS) is 12.7. The number of rotatable bonds is 6. The topological polar surface area (TPSA) is 74.2 Å². The Morgan fingerprint density at radius 1 is 1.38 bits per heavy atom. The maximum atomic E-state index is 6.06. The van der Waals surface area contributed by atoms with Crippen molar-refractivity contribution in [3.05, 3.63) is 28.6 Å². The summed E-state index contributed by atoms with van der Waals surface area (Å²) in [6, 6.07) is 5.70. The molecule has 2 aromatic rings. The first-order valence-electron chi connectivity index (χ1n) is 6.91. The third-order valence-corrected chi connectivity index (χ3v) is 3.71. The minimum Gasteiger partial charge on any atom is -0.496 e. The van der Waals surface area contributed by atoms with Crippen LogP contribution in [0.4, 0.5) is 0 Å². The summed E-state index contributed by atoms with van der Waals surface area (Å²) in [5.41, 5.74) is 6.94. The van der Waals surface area contributed by atoms with Gasteiger partial charge in [0.1, 0.15) is 5.75 Å². The molecule has 0 saturated carbocycles. The van der Waals surface area contributed by atoms with Crippen LogP contribution in [-0.4, -0.2) is 23.3 Å². The molecule has 1 unspecified atom stereocenters. The standard InChI is InChI=1S/C15H20BrN3O2/c1-9(2)6-11(17)8-14-18-15(19-21-14)10-4-5-13(20-3)12(16)7-10/h4-5,7,9,11H,6,8,17H2,1-3H3. The van der Waals surface area contributed by atoms with E-state index in [1.165, 1.54) is 0 Å². The maximum absolute atomic E-state index is 6.06. The summed E-state index contributed by atoms with van der Waals surface area (Å²) in [6.07, 6.45) is 1.54. The van der Waals surface area contributed by atoms with Gasteiger partial charge in [-0.15, -0.1) is 0 Å². The van der Waals surface area contributed by atoms with Gasteiger partial charge in [-0.25, -0.2) is 0 Å². The molecule has 2 rings (SSSR count). The van der Waals surface area contributed by atoms with Gasteiger partial charge in [0.15, 0.2) is 0 Å². The Hall–Kier alpha value is -1.40. The summed E-state index contributed by atoms with van der Waals surface area (Å²) in [5, 5.41) is 4.01. The molecule has 0 aliphatic rings. The van der Waals surface area contributed by atoms with Crippen molar-refractivity contribution in [3.63, 3.8) is 0 Å². The fraction of sp³-hybridized carbons (Fsp3) is 0.467. The van der Waals surface area contributed by atoms with Crippen molar-refractivity contribution in [2.45, 2.75) is 32.7 Å². The van der Waals surface area contributed by atoms with Gasteiger partial charge in [0.05, 0.1) is 11.6 Å². The second-order valence-electron chi connectivity index (χ2n) is 5.45. The first-order valence-corrected chi connectivity index (χ1v) is 7.71. The van der Waals surface area contributed by atoms with Gasteiger partial charge < -0.3 is 15.0 Å². The molecular formula is C15H20BrN3O2. The van der Waals surface area contributed by atoms with Gasteiger partial charge in [-0.05, 0) is 46.5 Å². The van der Waals surface area contributed by atoms with Gasteiger partial charge in [-0.2, -0.15) is 4.98 Å². The zero-order valence-corrected chi connectivity index (χ0v) is 14.1. The van der Waals surface area contributed by atoms with E-state index in [1.807, 2.05) is 18.2 Å². The number of methoxy groups -OCH3 is 1. The molecular weight excluding hydrogens is 334 g/mol. The van der Waals surface area contributed by atoms with Crippen LogP contribution >= 0.6 is 15.9 Å². The van der Waals surface area contributed by atoms with Crippen molar-refractivity contribution in [2.24, 2.45) is 11.7 Å². The average Bonchev–Trinajstić information content (AvgIpc) is 2.86. The summed E-state index contributed by atoms with van der Waals surface area (Å²) < 4.78 is 11.3. The average molecular weight is 354 g/mol. The fourth-order valence-corrected chi connectivity index (χ4v) is 2.71. The van der Waals surface area contributed by atoms with Crippen molar-refractivity contribution in [1.29, 1.82) is 0 Å². The summed E-state index contributed by atoms with van der Waals surface area (Å²) in [6.45, 7) is 4.29. The lowest BCUT2D eigenvalue weighted by atomic mass is 10.0. The number of hydrogen-bond acceptors (Lipinski definition) is 5. The SMILES string of the molecule is COc1ccc(-c2noc(CC(N)CC(C)C)n2)cc1Br. The van der Waals surface area contributed by atoms with Crippen LogP contribution < -0.4 is 10.5 Å². The smallest absolute Gasteiger partial charge is 0.228 e. The molecule has 0 fully saturated rings. The van der Waals surface area contributed by atoms with Crippen LogP contribution in [0.5, 0.6) is 5.75 Å². The molecule has 0 bridgehead atoms. The van der Waals surface area contributed by atoms with E-state index in [0.717, 1.165) is 22.2 Å². The number of nitrogens with two attached hydrogens (primary N) is 1. The van der Waals surface area contributed by atoms with Crippen molar-refractivity contribution in [3.8, 4) is 17.1 Å². The molecule has 0 aliphatic carbocycles. The first-order chi connectivity index (χ1) is 9.99. The molecule has 114 valence electrons. The molecule has 0 aliphatic heterocycles. The first kappa shape index (κ1) is 16.0. The van der Waals surface area contributed by atoms with Gasteiger partial charge in [-0.3, -0.25) is 0 Å². The van der Waals surface area contributed by atoms with Crippen LogP contribution in [0.2, 0.25) is 0 Å². The summed E-state index contributed by atoms with van der Waals surface area (Å²) in [5.74, 6) is 2.46. The zero-order chi connectivity index (χ0) is 15.4. The highest BCUT2D eigenvalue weighted by Crippen LogP contribution is 2.29. The molecule has 6 heteroatoms. The largest absolute Gasteiger partial charge is 0.496 e. The minimum atomic E-state index is 0.0425. The predicted molar refractivity (Wildman–Crippen MR) is 85.1 cm³/mol. The lowest BCUT2D eigenvalue weighted by Crippen LogP contribution is -2.24. The molecule has 2 N–H and O–H groups in total. The van der Waals surface area contributed by atoms with Gasteiger partial charge in [0.25, 0.3) is 0 Å². The third kappa shape index (κ3) is 4.28. The van der Waals surface area contributed by atoms with E-state index in [0.29, 0.717) is 24.1 Å². The van der Waals surface area contributed by atoms with Crippen LogP contribution in [0.3, 0.4) is 0 Å². The van der Waals surface area contributed by atoms with Gasteiger partial charge in [-0.1, -0.05) is 19.0 Å². The zero-order valence-electron chi connectivity index (χ0n) is 12.5. The van der Waals surface area contributed by atoms with Crippen molar-refractivity contribution in [2.75, 3.05) is 7.11 Å².